The summed E-state index contributed by atoms with van der Waals surface area (Å²) >= 11 is 0. The fourth-order valence-corrected chi connectivity index (χ4v) is 3.38. The Labute approximate surface area is 145 Å². The van der Waals surface area contributed by atoms with Gasteiger partial charge in [0, 0.05) is 12.6 Å². The number of sulfone groups is 1. The first kappa shape index (κ1) is 21.9. The lowest BCUT2D eigenvalue weighted by Gasteiger charge is -2.13. The van der Waals surface area contributed by atoms with E-state index in [9.17, 15) is 13.2 Å². The lowest BCUT2D eigenvalue weighted by molar-refractivity contribution is -0.118. The summed E-state index contributed by atoms with van der Waals surface area (Å²) in [7, 11) is -3.34. The summed E-state index contributed by atoms with van der Waals surface area (Å²) < 4.78 is 23.9. The molecule has 1 atom stereocenters. The fourth-order valence-electron chi connectivity index (χ4n) is 2.15. The molecule has 5 nitrogen and oxygen atoms in total. The van der Waals surface area contributed by atoms with E-state index in [1.807, 2.05) is 44.2 Å². The highest BCUT2D eigenvalue weighted by molar-refractivity contribution is 7.92. The number of nitrogens with one attached hydrogen (secondary N) is 2. The van der Waals surface area contributed by atoms with E-state index in [4.69, 9.17) is 0 Å². The largest absolute Gasteiger partial charge is 0.354 e. The smallest absolute Gasteiger partial charge is 0.235 e. The van der Waals surface area contributed by atoms with Crippen LogP contribution in [0, 0.1) is 0 Å². The van der Waals surface area contributed by atoms with Crippen molar-refractivity contribution >= 4 is 28.2 Å². The van der Waals surface area contributed by atoms with Gasteiger partial charge in [-0.15, -0.1) is 12.4 Å². The number of halogens is 1. The molecule has 0 heterocycles. The number of carbonyl (C=O) groups excluding carboxylic acids is 1. The first-order chi connectivity index (χ1) is 10.4. The Balaban J connectivity index is 0.00000484. The van der Waals surface area contributed by atoms with Crippen molar-refractivity contribution in [2.45, 2.75) is 32.7 Å². The van der Waals surface area contributed by atoms with Crippen LogP contribution in [0.4, 0.5) is 0 Å². The normalized spacial score (nSPS) is 12.3. The molecular weight excluding hydrogens is 336 g/mol. The molecular formula is C16H27ClN2O3S. The summed E-state index contributed by atoms with van der Waals surface area (Å²) in [4.78, 5) is 11.7. The summed E-state index contributed by atoms with van der Waals surface area (Å²) in [5.41, 5.74) is 1.11. The monoisotopic (exact) mass is 362 g/mol. The van der Waals surface area contributed by atoms with E-state index in [2.05, 4.69) is 10.6 Å². The summed E-state index contributed by atoms with van der Waals surface area (Å²) in [5, 5.41) is 5.80. The number of amides is 1. The molecule has 1 aromatic rings. The van der Waals surface area contributed by atoms with Crippen LogP contribution < -0.4 is 10.6 Å². The number of rotatable bonds is 10. The third-order valence-corrected chi connectivity index (χ3v) is 4.89. The molecule has 1 rings (SSSR count). The maximum absolute atomic E-state index is 11.9. The highest BCUT2D eigenvalue weighted by Crippen LogP contribution is 2.04. The Kier molecular flexibility index (Phi) is 10.9. The summed E-state index contributed by atoms with van der Waals surface area (Å²) in [6, 6.07) is 9.88. The van der Waals surface area contributed by atoms with Gasteiger partial charge in [0.15, 0.2) is 9.84 Å². The van der Waals surface area contributed by atoms with Gasteiger partial charge in [-0.25, -0.2) is 8.42 Å². The van der Waals surface area contributed by atoms with Crippen molar-refractivity contribution < 1.29 is 13.2 Å². The minimum absolute atomic E-state index is 0. The minimum atomic E-state index is -3.34. The van der Waals surface area contributed by atoms with Crippen LogP contribution in [-0.2, 0) is 21.1 Å². The van der Waals surface area contributed by atoms with Gasteiger partial charge in [-0.2, -0.15) is 0 Å². The fraction of sp³-hybridized carbons (Fsp3) is 0.562. The SMILES string of the molecule is CCN[C@H](C)CNC(=O)CS(=O)(=O)CCCc1ccccc1.Cl. The van der Waals surface area contributed by atoms with Gasteiger partial charge in [0.25, 0.3) is 0 Å². The lowest BCUT2D eigenvalue weighted by atomic mass is 10.1. The molecule has 1 amide bonds. The number of hydrogen-bond acceptors (Lipinski definition) is 4. The van der Waals surface area contributed by atoms with Crippen molar-refractivity contribution in [3.05, 3.63) is 35.9 Å². The van der Waals surface area contributed by atoms with Crippen LogP contribution >= 0.6 is 12.4 Å². The molecule has 0 saturated carbocycles. The number of likely N-dealkylation sites (N-methyl/N-ethyl adjacent to an activating group) is 1. The molecule has 0 bridgehead atoms. The Morgan fingerprint density at radius 3 is 2.48 bits per heavy atom. The van der Waals surface area contributed by atoms with Gasteiger partial charge in [-0.1, -0.05) is 37.3 Å². The van der Waals surface area contributed by atoms with Gasteiger partial charge in [0.2, 0.25) is 5.91 Å². The maximum Gasteiger partial charge on any atom is 0.235 e. The van der Waals surface area contributed by atoms with E-state index >= 15 is 0 Å². The summed E-state index contributed by atoms with van der Waals surface area (Å²) in [5.74, 6) is -0.817. The van der Waals surface area contributed by atoms with Crippen LogP contribution in [0.5, 0.6) is 0 Å². The third kappa shape index (κ3) is 10.3. The maximum atomic E-state index is 11.9. The van der Waals surface area contributed by atoms with Gasteiger partial charge >= 0.3 is 0 Å². The van der Waals surface area contributed by atoms with Crippen LogP contribution in [0.1, 0.15) is 25.8 Å². The zero-order valence-electron chi connectivity index (χ0n) is 13.7. The van der Waals surface area contributed by atoms with Crippen molar-refractivity contribution in [3.8, 4) is 0 Å². The first-order valence-corrected chi connectivity index (χ1v) is 9.49. The van der Waals surface area contributed by atoms with Gasteiger partial charge in [0.05, 0.1) is 5.75 Å². The highest BCUT2D eigenvalue weighted by atomic mass is 35.5. The molecule has 132 valence electrons. The average molecular weight is 363 g/mol. The second-order valence-electron chi connectivity index (χ2n) is 5.44. The molecule has 0 aliphatic heterocycles. The molecule has 0 saturated heterocycles. The standard InChI is InChI=1S/C16H26N2O3S.ClH/c1-3-17-14(2)12-18-16(19)13-22(20,21)11-7-10-15-8-5-4-6-9-15;/h4-6,8-9,14,17H,3,7,10-13H2,1-2H3,(H,18,19);1H/t14-;/m1./s1. The molecule has 0 spiro atoms. The van der Waals surface area contributed by atoms with E-state index in [0.717, 1.165) is 12.1 Å². The molecule has 0 aliphatic carbocycles. The molecule has 7 heteroatoms. The Morgan fingerprint density at radius 2 is 1.87 bits per heavy atom. The number of benzene rings is 1. The number of carbonyl (C=O) groups is 1. The van der Waals surface area contributed by atoms with Gasteiger partial charge in [-0.3, -0.25) is 4.79 Å². The average Bonchev–Trinajstić information content (AvgIpc) is 2.46. The van der Waals surface area contributed by atoms with Crippen molar-refractivity contribution in [2.24, 2.45) is 0 Å². The van der Waals surface area contributed by atoms with Gasteiger partial charge < -0.3 is 10.6 Å². The molecule has 0 unspecified atom stereocenters. The third-order valence-electron chi connectivity index (χ3n) is 3.27. The zero-order chi connectivity index (χ0) is 16.4. The highest BCUT2D eigenvalue weighted by Gasteiger charge is 2.16. The van der Waals surface area contributed by atoms with E-state index in [-0.39, 0.29) is 24.2 Å². The lowest BCUT2D eigenvalue weighted by Crippen LogP contribution is -2.41. The van der Waals surface area contributed by atoms with Crippen LogP contribution in [0.15, 0.2) is 30.3 Å². The number of aryl methyl sites for hydroxylation is 1. The van der Waals surface area contributed by atoms with Crippen molar-refractivity contribution in [2.75, 3.05) is 24.6 Å². The molecule has 2 N–H and O–H groups in total. The summed E-state index contributed by atoms with van der Waals surface area (Å²) in [6.45, 7) is 5.18. The van der Waals surface area contributed by atoms with E-state index in [1.165, 1.54) is 0 Å². The van der Waals surface area contributed by atoms with Crippen molar-refractivity contribution in [1.82, 2.24) is 10.6 Å². The second-order valence-corrected chi connectivity index (χ2v) is 7.63. The zero-order valence-corrected chi connectivity index (χ0v) is 15.4. The van der Waals surface area contributed by atoms with Crippen molar-refractivity contribution in [3.63, 3.8) is 0 Å². The molecule has 0 radical (unpaired) electrons. The predicted octanol–water partition coefficient (Wildman–Crippen LogP) is 1.57. The van der Waals surface area contributed by atoms with Crippen LogP contribution in [0.25, 0.3) is 0 Å². The molecule has 23 heavy (non-hydrogen) atoms. The molecule has 0 fully saturated rings. The van der Waals surface area contributed by atoms with Crippen LogP contribution in [0.3, 0.4) is 0 Å². The molecule has 0 aromatic heterocycles. The van der Waals surface area contributed by atoms with Gasteiger partial charge in [0.1, 0.15) is 5.75 Å². The molecule has 0 aliphatic rings. The van der Waals surface area contributed by atoms with E-state index < -0.39 is 21.5 Å². The van der Waals surface area contributed by atoms with Crippen LogP contribution in [-0.4, -0.2) is 45.0 Å². The van der Waals surface area contributed by atoms with Crippen molar-refractivity contribution in [1.29, 1.82) is 0 Å². The first-order valence-electron chi connectivity index (χ1n) is 7.67. The second kappa shape index (κ2) is 11.4. The van der Waals surface area contributed by atoms with Gasteiger partial charge in [-0.05, 0) is 31.9 Å². The van der Waals surface area contributed by atoms with E-state index in [1.54, 1.807) is 0 Å². The van der Waals surface area contributed by atoms with Crippen LogP contribution in [0.2, 0.25) is 0 Å². The predicted molar refractivity (Wildman–Crippen MR) is 96.8 cm³/mol. The quantitative estimate of drug-likeness (QED) is 0.662. The summed E-state index contributed by atoms with van der Waals surface area (Å²) in [6.07, 6.45) is 1.24. The topological polar surface area (TPSA) is 75.3 Å². The Morgan fingerprint density at radius 1 is 1.22 bits per heavy atom. The number of hydrogen-bond donors (Lipinski definition) is 2. The molecule has 1 aromatic carbocycles. The minimum Gasteiger partial charge on any atom is -0.354 e. The Hall–Kier alpha value is -1.11. The van der Waals surface area contributed by atoms with E-state index in [0.29, 0.717) is 19.4 Å². The Bertz CT molecular complexity index is 550.